The van der Waals surface area contributed by atoms with Gasteiger partial charge in [0.25, 0.3) is 5.91 Å². The third kappa shape index (κ3) is 2.75. The van der Waals surface area contributed by atoms with Crippen molar-refractivity contribution in [2.24, 2.45) is 0 Å². The predicted molar refractivity (Wildman–Crippen MR) is 71.3 cm³/mol. The highest BCUT2D eigenvalue weighted by molar-refractivity contribution is 5.99. The van der Waals surface area contributed by atoms with Gasteiger partial charge in [-0.1, -0.05) is 6.92 Å². The lowest BCUT2D eigenvalue weighted by atomic mass is 10.1. The summed E-state index contributed by atoms with van der Waals surface area (Å²) in [6.45, 7) is 4.66. The van der Waals surface area contributed by atoms with Gasteiger partial charge in [0.2, 0.25) is 0 Å². The molecule has 6 heteroatoms. The van der Waals surface area contributed by atoms with Gasteiger partial charge in [0.15, 0.2) is 11.6 Å². The van der Waals surface area contributed by atoms with Crippen LogP contribution in [0.5, 0.6) is 0 Å². The Bertz CT molecular complexity index is 522. The van der Waals surface area contributed by atoms with Gasteiger partial charge in [-0.2, -0.15) is 0 Å². The van der Waals surface area contributed by atoms with E-state index in [4.69, 9.17) is 10.5 Å². The minimum Gasteiger partial charge on any atom is -0.398 e. The van der Waals surface area contributed by atoms with Crippen molar-refractivity contribution in [1.82, 2.24) is 4.90 Å². The number of hydrogen-bond acceptors (Lipinski definition) is 3. The zero-order valence-electron chi connectivity index (χ0n) is 11.5. The molecule has 0 spiro atoms. The molecule has 0 aliphatic carbocycles. The van der Waals surface area contributed by atoms with Crippen LogP contribution in [0.25, 0.3) is 0 Å². The zero-order chi connectivity index (χ0) is 14.9. The zero-order valence-corrected chi connectivity index (χ0v) is 11.5. The number of rotatable bonds is 2. The van der Waals surface area contributed by atoms with E-state index in [-0.39, 0.29) is 29.3 Å². The second-order valence-corrected chi connectivity index (χ2v) is 5.02. The standard InChI is InChI=1S/C14H18F2N2O2/c1-3-9-7-20-8(2)6-18(9)14(19)10-4-11(15)12(16)5-13(10)17/h4-5,8-9H,3,6-7,17H2,1-2H3. The first-order valence-corrected chi connectivity index (χ1v) is 6.61. The molecule has 110 valence electrons. The molecule has 1 amide bonds. The third-order valence-electron chi connectivity index (χ3n) is 3.52. The van der Waals surface area contributed by atoms with Gasteiger partial charge in [-0.25, -0.2) is 8.78 Å². The Kier molecular flexibility index (Phi) is 4.23. The van der Waals surface area contributed by atoms with Crippen LogP contribution in [0.2, 0.25) is 0 Å². The SMILES string of the molecule is CCC1COC(C)CN1C(=O)c1cc(F)c(F)cc1N. The van der Waals surface area contributed by atoms with Crippen LogP contribution in [0.3, 0.4) is 0 Å². The van der Waals surface area contributed by atoms with Crippen molar-refractivity contribution in [2.75, 3.05) is 18.9 Å². The Morgan fingerprint density at radius 3 is 2.75 bits per heavy atom. The monoisotopic (exact) mass is 284 g/mol. The van der Waals surface area contributed by atoms with Crippen LogP contribution in [0, 0.1) is 11.6 Å². The molecule has 1 heterocycles. The lowest BCUT2D eigenvalue weighted by Crippen LogP contribution is -2.51. The maximum atomic E-state index is 13.3. The number of carbonyl (C=O) groups is 1. The predicted octanol–water partition coefficient (Wildman–Crippen LogP) is 2.19. The Morgan fingerprint density at radius 1 is 1.45 bits per heavy atom. The van der Waals surface area contributed by atoms with Gasteiger partial charge in [-0.15, -0.1) is 0 Å². The molecule has 2 rings (SSSR count). The first kappa shape index (κ1) is 14.7. The Labute approximate surface area is 116 Å². The van der Waals surface area contributed by atoms with Crippen LogP contribution in [0.4, 0.5) is 14.5 Å². The number of halogens is 2. The maximum Gasteiger partial charge on any atom is 0.256 e. The normalized spacial score (nSPS) is 22.9. The molecule has 1 saturated heterocycles. The maximum absolute atomic E-state index is 13.3. The summed E-state index contributed by atoms with van der Waals surface area (Å²) in [5.74, 6) is -2.51. The van der Waals surface area contributed by atoms with Crippen molar-refractivity contribution in [2.45, 2.75) is 32.4 Å². The van der Waals surface area contributed by atoms with E-state index in [9.17, 15) is 13.6 Å². The smallest absolute Gasteiger partial charge is 0.256 e. The number of amides is 1. The highest BCUT2D eigenvalue weighted by atomic mass is 19.2. The number of anilines is 1. The molecule has 1 aromatic rings. The molecule has 1 fully saturated rings. The van der Waals surface area contributed by atoms with Crippen molar-refractivity contribution < 1.29 is 18.3 Å². The number of morpholine rings is 1. The second-order valence-electron chi connectivity index (χ2n) is 5.02. The quantitative estimate of drug-likeness (QED) is 0.847. The van der Waals surface area contributed by atoms with Crippen LogP contribution in [0.15, 0.2) is 12.1 Å². The number of hydrogen-bond donors (Lipinski definition) is 1. The highest BCUT2D eigenvalue weighted by Crippen LogP contribution is 2.23. The molecule has 4 nitrogen and oxygen atoms in total. The van der Waals surface area contributed by atoms with E-state index in [0.29, 0.717) is 13.2 Å². The molecule has 1 aliphatic rings. The number of nitrogen functional groups attached to an aromatic ring is 1. The minimum absolute atomic E-state index is 0.00329. The number of nitrogens with two attached hydrogens (primary N) is 1. The lowest BCUT2D eigenvalue weighted by molar-refractivity contribution is -0.0443. The summed E-state index contributed by atoms with van der Waals surface area (Å²) in [6, 6.07) is 1.62. The summed E-state index contributed by atoms with van der Waals surface area (Å²) in [4.78, 5) is 14.1. The molecule has 20 heavy (non-hydrogen) atoms. The Balaban J connectivity index is 2.32. The van der Waals surface area contributed by atoms with Crippen LogP contribution in [0.1, 0.15) is 30.6 Å². The fraction of sp³-hybridized carbons (Fsp3) is 0.500. The summed E-state index contributed by atoms with van der Waals surface area (Å²) < 4.78 is 31.9. The van der Waals surface area contributed by atoms with Crippen molar-refractivity contribution in [3.05, 3.63) is 29.3 Å². The van der Waals surface area contributed by atoms with Crippen molar-refractivity contribution >= 4 is 11.6 Å². The van der Waals surface area contributed by atoms with Crippen molar-refractivity contribution in [1.29, 1.82) is 0 Å². The number of ether oxygens (including phenoxy) is 1. The summed E-state index contributed by atoms with van der Waals surface area (Å²) >= 11 is 0. The largest absolute Gasteiger partial charge is 0.398 e. The molecule has 0 saturated carbocycles. The molecular weight excluding hydrogens is 266 g/mol. The fourth-order valence-electron chi connectivity index (χ4n) is 2.33. The van der Waals surface area contributed by atoms with E-state index in [1.807, 2.05) is 13.8 Å². The van der Waals surface area contributed by atoms with E-state index in [1.54, 1.807) is 4.90 Å². The molecule has 2 N–H and O–H groups in total. The van der Waals surface area contributed by atoms with Gasteiger partial charge >= 0.3 is 0 Å². The summed E-state index contributed by atoms with van der Waals surface area (Å²) in [5.41, 5.74) is 5.58. The molecule has 0 bridgehead atoms. The summed E-state index contributed by atoms with van der Waals surface area (Å²) in [5, 5.41) is 0. The van der Waals surface area contributed by atoms with Gasteiger partial charge in [0, 0.05) is 18.3 Å². The van der Waals surface area contributed by atoms with E-state index in [2.05, 4.69) is 0 Å². The molecule has 1 aromatic carbocycles. The van der Waals surface area contributed by atoms with Gasteiger partial charge in [0.1, 0.15) is 0 Å². The fourth-order valence-corrected chi connectivity index (χ4v) is 2.33. The van der Waals surface area contributed by atoms with Gasteiger partial charge < -0.3 is 15.4 Å². The minimum atomic E-state index is -1.07. The van der Waals surface area contributed by atoms with Crippen molar-refractivity contribution in [3.63, 3.8) is 0 Å². The van der Waals surface area contributed by atoms with E-state index < -0.39 is 11.6 Å². The lowest BCUT2D eigenvalue weighted by Gasteiger charge is -2.38. The number of carbonyl (C=O) groups excluding carboxylic acids is 1. The van der Waals surface area contributed by atoms with Crippen LogP contribution in [-0.2, 0) is 4.74 Å². The van der Waals surface area contributed by atoms with Gasteiger partial charge in [-0.05, 0) is 19.4 Å². The number of benzene rings is 1. The van der Waals surface area contributed by atoms with Gasteiger partial charge in [-0.3, -0.25) is 4.79 Å². The van der Waals surface area contributed by atoms with Crippen LogP contribution < -0.4 is 5.73 Å². The third-order valence-corrected chi connectivity index (χ3v) is 3.52. The summed E-state index contributed by atoms with van der Waals surface area (Å²) in [6.07, 6.45) is 0.635. The van der Waals surface area contributed by atoms with E-state index in [1.165, 1.54) is 0 Å². The van der Waals surface area contributed by atoms with E-state index >= 15 is 0 Å². The molecular formula is C14H18F2N2O2. The average Bonchev–Trinajstić information content (AvgIpc) is 2.42. The van der Waals surface area contributed by atoms with E-state index in [0.717, 1.165) is 18.6 Å². The molecule has 2 atom stereocenters. The first-order valence-electron chi connectivity index (χ1n) is 6.61. The van der Waals surface area contributed by atoms with Gasteiger partial charge in [0.05, 0.1) is 24.3 Å². The Morgan fingerprint density at radius 2 is 2.10 bits per heavy atom. The van der Waals surface area contributed by atoms with Crippen molar-refractivity contribution in [3.8, 4) is 0 Å². The van der Waals surface area contributed by atoms with Crippen LogP contribution >= 0.6 is 0 Å². The first-order chi connectivity index (χ1) is 9.43. The average molecular weight is 284 g/mol. The Hall–Kier alpha value is -1.69. The molecule has 2 unspecified atom stereocenters. The molecule has 1 aliphatic heterocycles. The molecule has 0 aromatic heterocycles. The molecule has 0 radical (unpaired) electrons. The van der Waals surface area contributed by atoms with Crippen LogP contribution in [-0.4, -0.2) is 36.1 Å². The number of nitrogens with zero attached hydrogens (tertiary/aromatic N) is 1. The topological polar surface area (TPSA) is 55.6 Å². The second kappa shape index (κ2) is 5.75. The highest BCUT2D eigenvalue weighted by Gasteiger charge is 2.31. The summed E-state index contributed by atoms with van der Waals surface area (Å²) in [7, 11) is 0.